The maximum absolute atomic E-state index is 6.16. The lowest BCUT2D eigenvalue weighted by molar-refractivity contribution is 0.0369. The fourth-order valence-corrected chi connectivity index (χ4v) is 19.0. The first kappa shape index (κ1) is 103. The molecule has 1 atom stereocenters. The Hall–Kier alpha value is -11.1. The van der Waals surface area contributed by atoms with Crippen LogP contribution in [0, 0.1) is 0 Å². The largest absolute Gasteiger partial charge is 0.461 e. The quantitative estimate of drug-likeness (QED) is 0.0173. The maximum atomic E-state index is 6.16. The van der Waals surface area contributed by atoms with Crippen molar-refractivity contribution in [2.75, 3.05) is 139 Å². The van der Waals surface area contributed by atoms with Crippen molar-refractivity contribution in [3.63, 3.8) is 0 Å². The number of thiophene rings is 4. The Morgan fingerprint density at radius 2 is 0.742 bits per heavy atom. The van der Waals surface area contributed by atoms with Gasteiger partial charge in [-0.15, -0.1) is 34.0 Å². The maximum Gasteiger partial charge on any atom is 0.168 e. The standard InChI is InChI=1S/C20H24N4O2.2C20H24N4OS.C20H24N4S.C19H24N4S.5CH4/c21-20(19-3-1-12-26-19)22-17-5-4-16-6-9-24(18(16)15-17)8-2-7-23-10-13-25-14-11-23;21-20(17-5-13-26-15-17)22-18-3-2-16-4-8-24(19(16)14-18)7-1-6-23-9-11-25-12-10-23;21-20(19-3-1-14-26-19)22-17-5-4-16-6-9-24(18(16)15-17)8-2-7-23-10-12-25-13-11-23;1-23-10-2-4-17(9-11-23)24-12-8-15-6-7-16(14-18(15)24)22-20(21)19-5-3-13-25-19;1-22(2)10-3-4-11-23-12-9-15-7-8-16(14-17(15)23)21-19(20)18-6-5-13-24-18;;;;;/h1,3-6,9,12,15H,2,7-8,10-11,13-14H2,(H2,21,22);2-5,8,13-15H,1,6-7,9-12H2,(H2,21,22);1,3-6,9,14-15H,2,7-8,10-13H2,(H2,21,22);3,5-8,12-14,17H,2,4,9-11H2,1H3,(H2,21,22);5-9,12-14H,3-4,10-11H2,1-2H3,(H2,20,21);5*1H4. The fraction of sp³-hybridized carbons (Fsp3) is 0.375. The summed E-state index contributed by atoms with van der Waals surface area (Å²) in [7, 11) is 6.46. The van der Waals surface area contributed by atoms with Gasteiger partial charge >= 0.3 is 0 Å². The van der Waals surface area contributed by atoms with Crippen LogP contribution < -0.4 is 28.7 Å². The number of fused-ring (bicyclic) bond motifs is 5. The average Bonchev–Trinajstić information content (AvgIpc) is 1.65. The Morgan fingerprint density at radius 3 is 1.11 bits per heavy atom. The van der Waals surface area contributed by atoms with E-state index in [1.165, 1.54) is 93.2 Å². The Kier molecular flexibility index (Phi) is 40.9. The van der Waals surface area contributed by atoms with Gasteiger partial charge in [0.15, 0.2) is 11.6 Å². The minimum atomic E-state index is 0. The molecule has 10 aromatic heterocycles. The van der Waals surface area contributed by atoms with Crippen LogP contribution in [0.4, 0.5) is 28.4 Å². The van der Waals surface area contributed by atoms with Crippen LogP contribution in [0.3, 0.4) is 0 Å². The summed E-state index contributed by atoms with van der Waals surface area (Å²) in [6.45, 7) is 22.3. The predicted octanol–water partition coefficient (Wildman–Crippen LogP) is 21.6. The van der Waals surface area contributed by atoms with Crippen LogP contribution >= 0.6 is 45.3 Å². The highest BCUT2D eigenvalue weighted by Gasteiger charge is 2.20. The van der Waals surface area contributed by atoms with Crippen molar-refractivity contribution in [2.24, 2.45) is 53.6 Å². The molecule has 15 aromatic rings. The van der Waals surface area contributed by atoms with Crippen LogP contribution in [-0.4, -0.2) is 216 Å². The second kappa shape index (κ2) is 52.4. The Bertz CT molecular complexity index is 5680. The van der Waals surface area contributed by atoms with Gasteiger partial charge in [-0.05, 0) is 268 Å². The number of aromatic nitrogens is 5. The molecule has 28 heteroatoms. The highest BCUT2D eigenvalue weighted by Crippen LogP contribution is 2.33. The second-order valence-electron chi connectivity index (χ2n) is 32.7. The van der Waals surface area contributed by atoms with Crippen molar-refractivity contribution < 1.29 is 18.6 Å². The van der Waals surface area contributed by atoms with Gasteiger partial charge in [0.25, 0.3) is 0 Å². The van der Waals surface area contributed by atoms with Gasteiger partial charge in [0.1, 0.15) is 23.3 Å². The number of aryl methyl sites for hydroxylation is 4. The molecule has 24 nitrogen and oxygen atoms in total. The van der Waals surface area contributed by atoms with Crippen molar-refractivity contribution in [2.45, 2.75) is 121 Å². The number of unbranched alkanes of at least 4 members (excludes halogenated alkanes) is 1. The predicted molar refractivity (Wildman–Crippen MR) is 565 cm³/mol. The van der Waals surface area contributed by atoms with Gasteiger partial charge in [0, 0.05) is 133 Å². The lowest BCUT2D eigenvalue weighted by atomic mass is 10.1. The normalized spacial score (nSPS) is 15.7. The van der Waals surface area contributed by atoms with Gasteiger partial charge in [0.2, 0.25) is 0 Å². The monoisotopic (exact) mass is 1860 g/mol. The molecule has 0 spiro atoms. The number of furan rings is 1. The number of hydrogen-bond acceptors (Lipinski definition) is 18. The van der Waals surface area contributed by atoms with E-state index in [0.717, 1.165) is 206 Å². The topological polar surface area (TPSA) is 274 Å². The first-order valence-electron chi connectivity index (χ1n) is 44.3. The number of rotatable bonds is 28. The highest BCUT2D eigenvalue weighted by molar-refractivity contribution is 7.12. The van der Waals surface area contributed by atoms with Crippen molar-refractivity contribution in [3.8, 4) is 0 Å². The smallest absolute Gasteiger partial charge is 0.168 e. The summed E-state index contributed by atoms with van der Waals surface area (Å²) in [5.74, 6) is 3.28. The number of nitrogens with two attached hydrogens (primary N) is 5. The Labute approximate surface area is 797 Å². The zero-order valence-electron chi connectivity index (χ0n) is 73.2. The molecule has 0 radical (unpaired) electrons. The highest BCUT2D eigenvalue weighted by atomic mass is 32.1. The summed E-state index contributed by atoms with van der Waals surface area (Å²) in [6.07, 6.45) is 21.9. The number of aliphatic imine (C=N–C) groups is 5. The number of hydrogen-bond donors (Lipinski definition) is 5. The molecule has 0 amide bonds. The Balaban J connectivity index is 0.000000170. The van der Waals surface area contributed by atoms with Crippen molar-refractivity contribution in [3.05, 3.63) is 266 Å². The lowest BCUT2D eigenvalue weighted by Gasteiger charge is -2.26. The fourth-order valence-electron chi connectivity index (χ4n) is 16.4. The molecule has 14 heterocycles. The molecule has 0 saturated carbocycles. The molecule has 704 valence electrons. The van der Waals surface area contributed by atoms with Gasteiger partial charge < -0.3 is 79.9 Å². The molecular weight excluding hydrogens is 1720 g/mol. The second-order valence-corrected chi connectivity index (χ2v) is 36.3. The summed E-state index contributed by atoms with van der Waals surface area (Å²) in [6, 6.07) is 60.4. The average molecular weight is 1860 g/mol. The third-order valence-electron chi connectivity index (χ3n) is 23.4. The van der Waals surface area contributed by atoms with Crippen LogP contribution in [0.25, 0.3) is 54.5 Å². The first-order chi connectivity index (χ1) is 62.2. The van der Waals surface area contributed by atoms with Crippen LogP contribution in [0.2, 0.25) is 0 Å². The van der Waals surface area contributed by atoms with Crippen LogP contribution in [0.5, 0.6) is 0 Å². The van der Waals surface area contributed by atoms with Gasteiger partial charge in [-0.2, -0.15) is 11.3 Å². The summed E-state index contributed by atoms with van der Waals surface area (Å²) in [5, 5.41) is 16.3. The van der Waals surface area contributed by atoms with Crippen molar-refractivity contribution >= 4 is 157 Å². The lowest BCUT2D eigenvalue weighted by Crippen LogP contribution is -2.37. The van der Waals surface area contributed by atoms with E-state index < -0.39 is 0 Å². The minimum absolute atomic E-state index is 0. The summed E-state index contributed by atoms with van der Waals surface area (Å²) >= 11 is 6.47. The zero-order chi connectivity index (χ0) is 87.5. The van der Waals surface area contributed by atoms with Gasteiger partial charge in [-0.25, -0.2) is 25.0 Å². The van der Waals surface area contributed by atoms with E-state index in [9.17, 15) is 0 Å². The molecule has 5 aromatic carbocycles. The molecular formula is C104H140N20O4S4. The van der Waals surface area contributed by atoms with Crippen LogP contribution in [0.1, 0.15) is 120 Å². The molecule has 10 N–H and O–H groups in total. The van der Waals surface area contributed by atoms with Gasteiger partial charge in [0.05, 0.1) is 117 Å². The van der Waals surface area contributed by atoms with Crippen molar-refractivity contribution in [1.29, 1.82) is 0 Å². The number of likely N-dealkylation sites (tertiary alicyclic amines) is 1. The number of ether oxygens (including phenoxy) is 3. The first-order valence-corrected chi connectivity index (χ1v) is 47.9. The molecule has 4 aliphatic rings. The molecule has 19 rings (SSSR count). The van der Waals surface area contributed by atoms with E-state index >= 15 is 0 Å². The van der Waals surface area contributed by atoms with E-state index in [1.807, 2.05) is 106 Å². The zero-order valence-corrected chi connectivity index (χ0v) is 76.5. The van der Waals surface area contributed by atoms with Crippen LogP contribution in [0.15, 0.2) is 269 Å². The molecule has 4 aliphatic heterocycles. The number of morpholine rings is 3. The third kappa shape index (κ3) is 29.2. The molecule has 4 fully saturated rings. The minimum Gasteiger partial charge on any atom is -0.461 e. The SMILES string of the molecule is C.C.C.C.C.CN(C)CCCCn1ccc2ccc(N=C(N)c3cccs3)cc21.CN1CCCC(n2ccc3ccc(N=C(N)c4cccs4)cc32)CC1.NC(=Nc1ccc2ccn(CCCN3CCOCC3)c2c1)c1ccco1.NC(=Nc1ccc2ccn(CCCN3CCOCC3)c2c1)c1cccs1.NC(=Nc1ccc2ccn(CCCN3CCOCC3)c2c1)c1ccsc1. The summed E-state index contributed by atoms with van der Waals surface area (Å²) in [4.78, 5) is 38.0. The summed E-state index contributed by atoms with van der Waals surface area (Å²) in [5.41, 5.74) is 42.1. The molecule has 132 heavy (non-hydrogen) atoms. The molecule has 0 aliphatic carbocycles. The third-order valence-corrected chi connectivity index (χ3v) is 26.8. The summed E-state index contributed by atoms with van der Waals surface area (Å²) < 4.78 is 33.2. The Morgan fingerprint density at radius 1 is 0.371 bits per heavy atom. The van der Waals surface area contributed by atoms with E-state index in [4.69, 9.17) is 47.3 Å². The molecule has 0 bridgehead atoms. The van der Waals surface area contributed by atoms with Crippen molar-refractivity contribution in [1.82, 2.24) is 47.3 Å². The molecule has 1 unspecified atom stereocenters. The molecule has 4 saturated heterocycles. The van der Waals surface area contributed by atoms with E-state index in [1.54, 1.807) is 57.7 Å². The number of amidine groups is 5. The van der Waals surface area contributed by atoms with Crippen LogP contribution in [-0.2, 0) is 40.4 Å². The van der Waals surface area contributed by atoms with E-state index in [0.29, 0.717) is 41.0 Å². The van der Waals surface area contributed by atoms with Gasteiger partial charge in [-0.3, -0.25) is 14.7 Å². The van der Waals surface area contributed by atoms with Gasteiger partial charge in [-0.1, -0.05) is 85.7 Å². The number of benzene rings is 5. The van der Waals surface area contributed by atoms with E-state index in [-0.39, 0.29) is 37.1 Å². The van der Waals surface area contributed by atoms with E-state index in [2.05, 4.69) is 215 Å². The number of nitrogens with zero attached hydrogens (tertiary/aromatic N) is 15.